The summed E-state index contributed by atoms with van der Waals surface area (Å²) in [5.41, 5.74) is 21.3. The van der Waals surface area contributed by atoms with Gasteiger partial charge in [-0.15, -0.1) is 6.04 Å². The summed E-state index contributed by atoms with van der Waals surface area (Å²) >= 11 is 0. The molecule has 1 heterocycles. The molecule has 1 aromatic heterocycles. The second kappa shape index (κ2) is 12.4. The molecule has 0 bridgehead atoms. The first-order valence-electron chi connectivity index (χ1n) is 10.4. The van der Waals surface area contributed by atoms with Gasteiger partial charge >= 0.3 is 35.6 Å². The van der Waals surface area contributed by atoms with Gasteiger partial charge in [0.1, 0.15) is 5.52 Å². The molecule has 2 unspecified atom stereocenters. The first kappa shape index (κ1) is 24.9. The third-order valence-corrected chi connectivity index (χ3v) is 5.42. The quantitative estimate of drug-likeness (QED) is 0.363. The van der Waals surface area contributed by atoms with Gasteiger partial charge in [0.05, 0.1) is 0 Å². The van der Waals surface area contributed by atoms with Crippen LogP contribution in [0.15, 0.2) is 52.9 Å². The number of rotatable bonds is 11. The van der Waals surface area contributed by atoms with Crippen LogP contribution in [-0.4, -0.2) is 31.2 Å². The molecule has 0 fully saturated rings. The maximum absolute atomic E-state index is 8.29. The Morgan fingerprint density at radius 1 is 1.13 bits per heavy atom. The number of benzene rings is 2. The molecule has 0 saturated heterocycles. The van der Waals surface area contributed by atoms with Gasteiger partial charge in [-0.2, -0.15) is 4.98 Å². The summed E-state index contributed by atoms with van der Waals surface area (Å²) in [6, 6.07) is 17.0. The number of aromatic nitrogens is 1. The van der Waals surface area contributed by atoms with Crippen LogP contribution in [0.2, 0.25) is 0 Å². The zero-order valence-electron chi connectivity index (χ0n) is 18.4. The zero-order valence-corrected chi connectivity index (χ0v) is 20.4. The van der Waals surface area contributed by atoms with Crippen molar-refractivity contribution in [1.29, 1.82) is 0 Å². The van der Waals surface area contributed by atoms with E-state index < -0.39 is 0 Å². The van der Waals surface area contributed by atoms with E-state index in [9.17, 15) is 0 Å². The fraction of sp³-hybridized carbons (Fsp3) is 0.435. The molecule has 0 spiro atoms. The Bertz CT molecular complexity index is 850. The van der Waals surface area contributed by atoms with Gasteiger partial charge < -0.3 is 15.9 Å². The molecule has 4 N–H and O–H groups in total. The van der Waals surface area contributed by atoms with Gasteiger partial charge in [0.2, 0.25) is 0 Å². The number of hydrogen-bond acceptors (Lipinski definition) is 5. The van der Waals surface area contributed by atoms with Gasteiger partial charge in [-0.3, -0.25) is 5.01 Å². The summed E-state index contributed by atoms with van der Waals surface area (Å²) in [5, 5.41) is 1.94. The average molecular weight is 418 g/mol. The molecule has 3 rings (SSSR count). The standard InChI is InChI=1S/C23H32N5O.Na/c1-17(13-14-24)20(25)16-19-11-9-18(10-12-19)6-5-15-28(26-2)23-27-21-7-3-4-8-22(21)29-23;/h3-4,7-12,17,20,25-26H,5-6,13-16,24H2,1-2H3;/q-1;+1. The first-order chi connectivity index (χ1) is 14.1. The summed E-state index contributed by atoms with van der Waals surface area (Å²) in [6.45, 7) is 3.57. The van der Waals surface area contributed by atoms with Gasteiger partial charge in [-0.25, -0.2) is 5.43 Å². The van der Waals surface area contributed by atoms with Crippen LogP contribution < -0.4 is 45.7 Å². The number of hydrogen-bond donors (Lipinski definition) is 2. The fourth-order valence-electron chi connectivity index (χ4n) is 3.48. The van der Waals surface area contributed by atoms with Crippen molar-refractivity contribution in [2.24, 2.45) is 11.7 Å². The molecule has 2 aromatic carbocycles. The third kappa shape index (κ3) is 6.80. The number of oxazole rings is 1. The molecule has 2 atom stereocenters. The summed E-state index contributed by atoms with van der Waals surface area (Å²) in [4.78, 5) is 4.55. The van der Waals surface area contributed by atoms with E-state index in [4.69, 9.17) is 15.9 Å². The van der Waals surface area contributed by atoms with Crippen molar-refractivity contribution in [3.8, 4) is 0 Å². The third-order valence-electron chi connectivity index (χ3n) is 5.42. The van der Waals surface area contributed by atoms with Crippen molar-refractivity contribution in [3.05, 3.63) is 65.4 Å². The molecular formula is C23H32N5NaO. The predicted molar refractivity (Wildman–Crippen MR) is 120 cm³/mol. The number of aryl methyl sites for hydroxylation is 1. The van der Waals surface area contributed by atoms with Crippen molar-refractivity contribution in [2.75, 3.05) is 25.1 Å². The van der Waals surface area contributed by atoms with Gasteiger partial charge in [0, 0.05) is 13.6 Å². The average Bonchev–Trinajstić information content (AvgIpc) is 3.16. The van der Waals surface area contributed by atoms with Gasteiger partial charge in [-0.05, 0) is 55.5 Å². The maximum Gasteiger partial charge on any atom is 1.00 e. The topological polar surface area (TPSA) is 91.1 Å². The maximum atomic E-state index is 8.29. The summed E-state index contributed by atoms with van der Waals surface area (Å²) in [5.74, 6) is 0.332. The van der Waals surface area contributed by atoms with Crippen LogP contribution in [0.25, 0.3) is 16.8 Å². The van der Waals surface area contributed by atoms with Gasteiger partial charge in [0.15, 0.2) is 5.58 Å². The first-order valence-corrected chi connectivity index (χ1v) is 10.4. The largest absolute Gasteiger partial charge is 1.00 e. The van der Waals surface area contributed by atoms with E-state index in [0.717, 1.165) is 43.3 Å². The number of fused-ring (bicyclic) bond motifs is 1. The van der Waals surface area contributed by atoms with E-state index >= 15 is 0 Å². The van der Waals surface area contributed by atoms with Crippen LogP contribution >= 0.6 is 0 Å². The molecule has 0 saturated carbocycles. The van der Waals surface area contributed by atoms with E-state index in [1.807, 2.05) is 36.3 Å². The van der Waals surface area contributed by atoms with Crippen molar-refractivity contribution in [1.82, 2.24) is 10.4 Å². The molecule has 0 aliphatic carbocycles. The molecule has 6 nitrogen and oxygen atoms in total. The van der Waals surface area contributed by atoms with Crippen molar-refractivity contribution in [3.63, 3.8) is 0 Å². The van der Waals surface area contributed by atoms with Crippen LogP contribution in [0.4, 0.5) is 6.01 Å². The molecule has 0 aliphatic rings. The van der Waals surface area contributed by atoms with Crippen LogP contribution in [0, 0.1) is 5.92 Å². The van der Waals surface area contributed by atoms with Crippen LogP contribution in [0.1, 0.15) is 30.9 Å². The van der Waals surface area contributed by atoms with Crippen molar-refractivity contribution in [2.45, 2.75) is 38.6 Å². The number of para-hydroxylation sites is 2. The Kier molecular flexibility index (Phi) is 10.3. The SMILES string of the molecule is CNN(CCCc1ccc(CC([NH-])C(C)CCN)cc1)c1nc2ccccc2o1.[Na+]. The monoisotopic (exact) mass is 417 g/mol. The minimum Gasteiger partial charge on any atom is -0.674 e. The molecule has 30 heavy (non-hydrogen) atoms. The van der Waals surface area contributed by atoms with Gasteiger partial charge in [-0.1, -0.05) is 49.2 Å². The number of hydrazine groups is 1. The zero-order chi connectivity index (χ0) is 20.6. The van der Waals surface area contributed by atoms with Crippen LogP contribution in [-0.2, 0) is 12.8 Å². The number of anilines is 1. The Morgan fingerprint density at radius 2 is 1.83 bits per heavy atom. The molecule has 0 amide bonds. The van der Waals surface area contributed by atoms with Crippen molar-refractivity contribution < 1.29 is 34.0 Å². The number of nitrogens with two attached hydrogens (primary N) is 1. The normalized spacial score (nSPS) is 13.1. The molecule has 0 aliphatic heterocycles. The van der Waals surface area contributed by atoms with E-state index in [-0.39, 0.29) is 35.6 Å². The fourth-order valence-corrected chi connectivity index (χ4v) is 3.48. The second-order valence-electron chi connectivity index (χ2n) is 7.62. The molecule has 3 aromatic rings. The predicted octanol–water partition coefficient (Wildman–Crippen LogP) is 1.35. The minimum atomic E-state index is -0.0927. The summed E-state index contributed by atoms with van der Waals surface area (Å²) < 4.78 is 5.84. The minimum absolute atomic E-state index is 0. The number of nitrogens with one attached hydrogen (secondary N) is 2. The smallest absolute Gasteiger partial charge is 0.674 e. The Labute approximate surface area is 201 Å². The Balaban J connectivity index is 0.00000320. The van der Waals surface area contributed by atoms with E-state index in [1.165, 1.54) is 11.1 Å². The van der Waals surface area contributed by atoms with E-state index in [0.29, 0.717) is 18.5 Å². The van der Waals surface area contributed by atoms with E-state index in [2.05, 4.69) is 41.6 Å². The van der Waals surface area contributed by atoms with Crippen molar-refractivity contribution >= 4 is 17.1 Å². The Hall–Kier alpha value is -1.41. The van der Waals surface area contributed by atoms with Crippen LogP contribution in [0.5, 0.6) is 0 Å². The summed E-state index contributed by atoms with van der Waals surface area (Å²) in [7, 11) is 1.88. The second-order valence-corrected chi connectivity index (χ2v) is 7.62. The number of nitrogens with zero attached hydrogens (tertiary/aromatic N) is 2. The molecule has 0 radical (unpaired) electrons. The van der Waals surface area contributed by atoms with E-state index in [1.54, 1.807) is 0 Å². The van der Waals surface area contributed by atoms with Crippen LogP contribution in [0.3, 0.4) is 0 Å². The Morgan fingerprint density at radius 3 is 2.50 bits per heavy atom. The van der Waals surface area contributed by atoms with Gasteiger partial charge in [0.25, 0.3) is 0 Å². The molecule has 156 valence electrons. The molecular weight excluding hydrogens is 385 g/mol. The summed E-state index contributed by atoms with van der Waals surface area (Å²) in [6.07, 6.45) is 3.65. The molecule has 7 heteroatoms.